The van der Waals surface area contributed by atoms with Crippen LogP contribution in [0.5, 0.6) is 11.5 Å². The zero-order chi connectivity index (χ0) is 34.1. The molecule has 0 saturated carbocycles. The van der Waals surface area contributed by atoms with Crippen LogP contribution in [0.15, 0.2) is 94.0 Å². The third-order valence-electron chi connectivity index (χ3n) is 7.99. The van der Waals surface area contributed by atoms with Crippen LogP contribution in [-0.4, -0.2) is 39.8 Å². The zero-order valence-electron chi connectivity index (χ0n) is 27.1. The molecule has 1 aliphatic rings. The van der Waals surface area contributed by atoms with E-state index in [9.17, 15) is 19.7 Å². The highest BCUT2D eigenvalue weighted by atomic mass is 32.1. The Kier molecular flexibility index (Phi) is 9.01. The number of allylic oxidation sites excluding steroid dienone is 1. The lowest BCUT2D eigenvalue weighted by molar-refractivity contribution is -0.384. The van der Waals surface area contributed by atoms with Crippen LogP contribution in [0.3, 0.4) is 0 Å². The topological polar surface area (TPSA) is 127 Å². The standard InChI is InChI=1S/C36H34N4O7S/c1-6-46-35(42)32-22(4)37-36-39(33(32)24-13-16-29(47-21(2)3)30(17-24)45-5)34(41)31(48-36)18-25-20-38(28-10-8-7-9-27(25)28)19-23-11-14-26(15-12-23)40(43)44/h7-18,20-21,33H,6,19H2,1-5H3/b31-18+/t33-/m0/s1. The van der Waals surface area contributed by atoms with Gasteiger partial charge in [0.2, 0.25) is 0 Å². The van der Waals surface area contributed by atoms with E-state index in [1.54, 1.807) is 49.8 Å². The van der Waals surface area contributed by atoms with Crippen molar-refractivity contribution in [3.63, 3.8) is 0 Å². The summed E-state index contributed by atoms with van der Waals surface area (Å²) in [5, 5.41) is 12.1. The van der Waals surface area contributed by atoms with Gasteiger partial charge in [-0.25, -0.2) is 9.79 Å². The number of nitro benzene ring substituents is 1. The molecule has 0 aliphatic carbocycles. The molecule has 0 amide bonds. The molecule has 0 bridgehead atoms. The van der Waals surface area contributed by atoms with Crippen molar-refractivity contribution >= 4 is 40.0 Å². The van der Waals surface area contributed by atoms with E-state index in [0.717, 1.165) is 22.0 Å². The van der Waals surface area contributed by atoms with Crippen molar-refractivity contribution in [1.29, 1.82) is 0 Å². The molecule has 0 radical (unpaired) electrons. The Morgan fingerprint density at radius 2 is 1.85 bits per heavy atom. The van der Waals surface area contributed by atoms with E-state index in [1.807, 2.05) is 56.5 Å². The largest absolute Gasteiger partial charge is 0.493 e. The molecule has 6 rings (SSSR count). The zero-order valence-corrected chi connectivity index (χ0v) is 27.9. The van der Waals surface area contributed by atoms with Crippen LogP contribution >= 0.6 is 11.3 Å². The minimum Gasteiger partial charge on any atom is -0.493 e. The number of aromatic nitrogens is 2. The van der Waals surface area contributed by atoms with Gasteiger partial charge < -0.3 is 18.8 Å². The van der Waals surface area contributed by atoms with E-state index in [1.165, 1.54) is 23.5 Å². The van der Waals surface area contributed by atoms with Gasteiger partial charge in [0.05, 0.1) is 46.6 Å². The molecule has 0 N–H and O–H groups in total. The monoisotopic (exact) mass is 666 g/mol. The van der Waals surface area contributed by atoms with Crippen LogP contribution in [0.25, 0.3) is 17.0 Å². The van der Waals surface area contributed by atoms with Gasteiger partial charge in [0.15, 0.2) is 16.3 Å². The van der Waals surface area contributed by atoms with Gasteiger partial charge in [0.25, 0.3) is 11.2 Å². The van der Waals surface area contributed by atoms with Gasteiger partial charge in [-0.2, -0.15) is 0 Å². The minimum atomic E-state index is -0.812. The lowest BCUT2D eigenvalue weighted by atomic mass is 9.95. The van der Waals surface area contributed by atoms with Gasteiger partial charge in [0.1, 0.15) is 0 Å². The molecule has 48 heavy (non-hydrogen) atoms. The number of benzene rings is 3. The number of para-hydroxylation sites is 1. The fourth-order valence-electron chi connectivity index (χ4n) is 5.89. The second kappa shape index (κ2) is 13.3. The predicted molar refractivity (Wildman–Crippen MR) is 183 cm³/mol. The summed E-state index contributed by atoms with van der Waals surface area (Å²) in [5.74, 6) is 0.475. The number of thiazole rings is 1. The first-order valence-corrected chi connectivity index (χ1v) is 16.3. The van der Waals surface area contributed by atoms with Crippen molar-refractivity contribution in [2.75, 3.05) is 13.7 Å². The van der Waals surface area contributed by atoms with Crippen LogP contribution in [0.2, 0.25) is 0 Å². The minimum absolute atomic E-state index is 0.0325. The Bertz CT molecular complexity index is 2260. The number of fused-ring (bicyclic) bond motifs is 2. The molecule has 1 atom stereocenters. The number of carbonyl (C=O) groups is 1. The number of hydrogen-bond donors (Lipinski definition) is 0. The number of ether oxygens (including phenoxy) is 3. The third-order valence-corrected chi connectivity index (χ3v) is 8.97. The molecule has 246 valence electrons. The van der Waals surface area contributed by atoms with Crippen LogP contribution in [0.4, 0.5) is 5.69 Å². The van der Waals surface area contributed by atoms with Gasteiger partial charge >= 0.3 is 5.97 Å². The smallest absolute Gasteiger partial charge is 0.338 e. The van der Waals surface area contributed by atoms with E-state index in [-0.39, 0.29) is 29.5 Å². The number of methoxy groups -OCH3 is 1. The molecule has 3 aromatic carbocycles. The van der Waals surface area contributed by atoms with E-state index >= 15 is 0 Å². The van der Waals surface area contributed by atoms with E-state index in [0.29, 0.717) is 38.6 Å². The van der Waals surface area contributed by atoms with Crippen molar-refractivity contribution in [2.45, 2.75) is 46.4 Å². The molecule has 1 aliphatic heterocycles. The summed E-state index contributed by atoms with van der Waals surface area (Å²) in [6, 6.07) is 18.9. The molecule has 3 heterocycles. The normalized spacial score (nSPS) is 14.6. The summed E-state index contributed by atoms with van der Waals surface area (Å²) in [5.41, 5.74) is 3.79. The van der Waals surface area contributed by atoms with Gasteiger partial charge in [0, 0.05) is 41.3 Å². The van der Waals surface area contributed by atoms with Crippen molar-refractivity contribution in [3.8, 4) is 11.5 Å². The van der Waals surface area contributed by atoms with Gasteiger partial charge in [-0.15, -0.1) is 0 Å². The highest BCUT2D eigenvalue weighted by Crippen LogP contribution is 2.36. The molecular weight excluding hydrogens is 632 g/mol. The quantitative estimate of drug-likeness (QED) is 0.109. The first kappa shape index (κ1) is 32.5. The highest BCUT2D eigenvalue weighted by molar-refractivity contribution is 7.07. The fourth-order valence-corrected chi connectivity index (χ4v) is 6.93. The number of carbonyl (C=O) groups excluding carboxylic acids is 1. The Hall–Kier alpha value is -5.49. The number of rotatable bonds is 10. The summed E-state index contributed by atoms with van der Waals surface area (Å²) >= 11 is 1.25. The summed E-state index contributed by atoms with van der Waals surface area (Å²) in [6.07, 6.45) is 3.73. The molecule has 12 heteroatoms. The molecule has 0 fully saturated rings. The predicted octanol–water partition coefficient (Wildman–Crippen LogP) is 5.51. The second-order valence-electron chi connectivity index (χ2n) is 11.5. The molecule has 0 unspecified atom stereocenters. The van der Waals surface area contributed by atoms with Gasteiger partial charge in [-0.05, 0) is 63.1 Å². The molecule has 11 nitrogen and oxygen atoms in total. The van der Waals surface area contributed by atoms with Crippen molar-refractivity contribution < 1.29 is 23.9 Å². The summed E-state index contributed by atoms with van der Waals surface area (Å²) in [6.45, 7) is 7.97. The van der Waals surface area contributed by atoms with Gasteiger partial charge in [-0.1, -0.05) is 47.7 Å². The van der Waals surface area contributed by atoms with E-state index in [2.05, 4.69) is 4.57 Å². The SMILES string of the molecule is CCOC(=O)C1=C(C)N=c2s/c(=C/c3cn(Cc4ccc([N+](=O)[O-])cc4)c4ccccc34)c(=O)n2[C@H]1c1ccc(OC(C)C)c(OC)c1. The lowest BCUT2D eigenvalue weighted by Gasteiger charge is -2.25. The fraction of sp³-hybridized carbons (Fsp3) is 0.250. The van der Waals surface area contributed by atoms with Crippen LogP contribution < -0.4 is 24.4 Å². The maximum absolute atomic E-state index is 14.3. The summed E-state index contributed by atoms with van der Waals surface area (Å²) in [7, 11) is 1.54. The van der Waals surface area contributed by atoms with E-state index in [4.69, 9.17) is 19.2 Å². The van der Waals surface area contributed by atoms with Crippen LogP contribution in [-0.2, 0) is 16.1 Å². The first-order chi connectivity index (χ1) is 23.1. The average Bonchev–Trinajstić information content (AvgIpc) is 3.56. The van der Waals surface area contributed by atoms with E-state index < -0.39 is 16.9 Å². The van der Waals surface area contributed by atoms with Crippen molar-refractivity contribution in [2.24, 2.45) is 4.99 Å². The maximum atomic E-state index is 14.3. The molecule has 5 aromatic rings. The van der Waals surface area contributed by atoms with Crippen molar-refractivity contribution in [3.05, 3.63) is 131 Å². The number of esters is 1. The molecule has 0 saturated heterocycles. The Morgan fingerprint density at radius 3 is 2.54 bits per heavy atom. The molecular formula is C36H34N4O7S. The number of hydrogen-bond acceptors (Lipinski definition) is 9. The average molecular weight is 667 g/mol. The lowest BCUT2D eigenvalue weighted by Crippen LogP contribution is -2.40. The number of non-ortho nitro benzene ring substituents is 1. The van der Waals surface area contributed by atoms with Crippen LogP contribution in [0, 0.1) is 10.1 Å². The number of nitro groups is 1. The Balaban J connectivity index is 1.48. The van der Waals surface area contributed by atoms with Crippen molar-refractivity contribution in [1.82, 2.24) is 9.13 Å². The Morgan fingerprint density at radius 1 is 1.10 bits per heavy atom. The van der Waals surface area contributed by atoms with Crippen LogP contribution in [0.1, 0.15) is 50.4 Å². The number of nitrogens with zero attached hydrogens (tertiary/aromatic N) is 4. The molecule has 2 aromatic heterocycles. The first-order valence-electron chi connectivity index (χ1n) is 15.4. The summed E-state index contributed by atoms with van der Waals surface area (Å²) in [4.78, 5) is 43.6. The third kappa shape index (κ3) is 6.14. The highest BCUT2D eigenvalue weighted by Gasteiger charge is 2.34. The summed E-state index contributed by atoms with van der Waals surface area (Å²) < 4.78 is 21.1. The molecule has 0 spiro atoms. The maximum Gasteiger partial charge on any atom is 0.338 e. The second-order valence-corrected chi connectivity index (χ2v) is 12.5. The Labute approximate surface area is 279 Å². The van der Waals surface area contributed by atoms with Gasteiger partial charge in [-0.3, -0.25) is 19.5 Å².